The molecule has 0 N–H and O–H groups in total. The summed E-state index contributed by atoms with van der Waals surface area (Å²) in [6.07, 6.45) is 5.51. The molecule has 0 radical (unpaired) electrons. The Kier molecular flexibility index (Phi) is 8.08. The van der Waals surface area contributed by atoms with Gasteiger partial charge < -0.3 is 24.0 Å². The van der Waals surface area contributed by atoms with Gasteiger partial charge in [0.05, 0.1) is 21.3 Å². The van der Waals surface area contributed by atoms with Crippen LogP contribution in [0.1, 0.15) is 46.3 Å². The highest BCUT2D eigenvalue weighted by Gasteiger charge is 2.29. The predicted molar refractivity (Wildman–Crippen MR) is 152 cm³/mol. The van der Waals surface area contributed by atoms with Crippen LogP contribution >= 0.6 is 0 Å². The Bertz CT molecular complexity index is 1300. The molecule has 0 aromatic heterocycles. The van der Waals surface area contributed by atoms with E-state index in [0.717, 1.165) is 62.4 Å². The van der Waals surface area contributed by atoms with Crippen LogP contribution in [0.25, 0.3) is 10.8 Å². The summed E-state index contributed by atoms with van der Waals surface area (Å²) in [6.45, 7) is 6.93. The summed E-state index contributed by atoms with van der Waals surface area (Å²) in [5, 5.41) is 2.53. The van der Waals surface area contributed by atoms with E-state index < -0.39 is 0 Å². The van der Waals surface area contributed by atoms with Crippen molar-refractivity contribution in [1.82, 2.24) is 9.80 Å². The lowest BCUT2D eigenvalue weighted by molar-refractivity contribution is 0.0695. The third-order valence-electron chi connectivity index (χ3n) is 8.35. The zero-order chi connectivity index (χ0) is 26.6. The van der Waals surface area contributed by atoms with Gasteiger partial charge >= 0.3 is 0 Å². The summed E-state index contributed by atoms with van der Waals surface area (Å²) in [7, 11) is 4.98. The van der Waals surface area contributed by atoms with Gasteiger partial charge in [0.2, 0.25) is 0 Å². The minimum absolute atomic E-state index is 0.117. The summed E-state index contributed by atoms with van der Waals surface area (Å²) in [5.74, 6) is 2.86. The summed E-state index contributed by atoms with van der Waals surface area (Å²) >= 11 is 0. The van der Waals surface area contributed by atoms with Gasteiger partial charge in [-0.3, -0.25) is 4.79 Å². The molecule has 0 saturated carbocycles. The van der Waals surface area contributed by atoms with Crippen LogP contribution in [0.5, 0.6) is 17.2 Å². The van der Waals surface area contributed by atoms with Crippen LogP contribution in [0, 0.1) is 12.8 Å². The summed E-state index contributed by atoms with van der Waals surface area (Å²) < 4.78 is 16.4. The highest BCUT2D eigenvalue weighted by molar-refractivity contribution is 5.97. The normalized spacial score (nSPS) is 18.3. The first kappa shape index (κ1) is 26.4. The Hall–Kier alpha value is -3.25. The third kappa shape index (κ3) is 5.46. The number of amides is 1. The van der Waals surface area contributed by atoms with Crippen molar-refractivity contribution in [1.29, 1.82) is 0 Å². The van der Waals surface area contributed by atoms with Crippen molar-refractivity contribution >= 4 is 16.7 Å². The number of fused-ring (bicyclic) bond motifs is 2. The number of rotatable bonds is 8. The molecule has 0 bridgehead atoms. The van der Waals surface area contributed by atoms with Crippen molar-refractivity contribution in [2.24, 2.45) is 5.92 Å². The van der Waals surface area contributed by atoms with E-state index in [1.54, 1.807) is 21.3 Å². The van der Waals surface area contributed by atoms with Crippen LogP contribution in [-0.4, -0.2) is 69.8 Å². The maximum atomic E-state index is 13.4. The molecule has 1 amide bonds. The molecule has 2 heterocycles. The maximum Gasteiger partial charge on any atom is 0.254 e. The highest BCUT2D eigenvalue weighted by Crippen LogP contribution is 2.34. The lowest BCUT2D eigenvalue weighted by Gasteiger charge is -2.33. The molecule has 3 aromatic carbocycles. The van der Waals surface area contributed by atoms with Crippen LogP contribution in [0.15, 0.2) is 42.5 Å². The van der Waals surface area contributed by atoms with Crippen LogP contribution in [0.3, 0.4) is 0 Å². The summed E-state index contributed by atoms with van der Waals surface area (Å²) in [5.41, 5.74) is 4.37. The van der Waals surface area contributed by atoms with Crippen molar-refractivity contribution in [3.8, 4) is 17.2 Å². The average molecular weight is 517 g/mol. The van der Waals surface area contributed by atoms with Gasteiger partial charge in [-0.1, -0.05) is 30.7 Å². The maximum absolute atomic E-state index is 13.4. The molecule has 202 valence electrons. The first-order valence-electron chi connectivity index (χ1n) is 13.8. The number of ether oxygens (including phenoxy) is 3. The second kappa shape index (κ2) is 11.6. The number of carbonyl (C=O) groups excluding carboxylic acids is 1. The van der Waals surface area contributed by atoms with Crippen molar-refractivity contribution in [3.05, 3.63) is 64.7 Å². The minimum atomic E-state index is 0.117. The smallest absolute Gasteiger partial charge is 0.254 e. The van der Waals surface area contributed by atoms with E-state index in [1.807, 2.05) is 12.1 Å². The third-order valence-corrected chi connectivity index (χ3v) is 8.35. The minimum Gasteiger partial charge on any atom is -0.496 e. The SMILES string of the molecule is COc1cc2c(cc1OC)C(=O)N(CC1CCCCN(CCc3ccc4c(C)c(OC)ccc4c3)C1)CC2. The Morgan fingerprint density at radius 1 is 0.895 bits per heavy atom. The van der Waals surface area contributed by atoms with Gasteiger partial charge in [0.1, 0.15) is 5.75 Å². The number of hydrogen-bond donors (Lipinski definition) is 0. The number of hydrogen-bond acceptors (Lipinski definition) is 5. The number of likely N-dealkylation sites (tertiary alicyclic amines) is 1. The zero-order valence-electron chi connectivity index (χ0n) is 23.2. The van der Waals surface area contributed by atoms with Gasteiger partial charge in [-0.15, -0.1) is 0 Å². The van der Waals surface area contributed by atoms with E-state index in [-0.39, 0.29) is 5.91 Å². The largest absolute Gasteiger partial charge is 0.496 e. The van der Waals surface area contributed by atoms with Gasteiger partial charge in [0.25, 0.3) is 5.91 Å². The van der Waals surface area contributed by atoms with Gasteiger partial charge in [-0.05, 0) is 90.7 Å². The quantitative estimate of drug-likeness (QED) is 0.395. The fraction of sp³-hybridized carbons (Fsp3) is 0.469. The molecule has 1 atom stereocenters. The molecule has 6 nitrogen and oxygen atoms in total. The topological polar surface area (TPSA) is 51.2 Å². The van der Waals surface area contributed by atoms with E-state index >= 15 is 0 Å². The second-order valence-corrected chi connectivity index (χ2v) is 10.7. The van der Waals surface area contributed by atoms with Gasteiger partial charge in [-0.25, -0.2) is 0 Å². The molecule has 1 fully saturated rings. The first-order valence-corrected chi connectivity index (χ1v) is 13.8. The van der Waals surface area contributed by atoms with E-state index in [4.69, 9.17) is 14.2 Å². The monoisotopic (exact) mass is 516 g/mol. The number of benzene rings is 3. The van der Waals surface area contributed by atoms with E-state index in [2.05, 4.69) is 47.1 Å². The summed E-state index contributed by atoms with van der Waals surface area (Å²) in [6, 6.07) is 14.9. The fourth-order valence-corrected chi connectivity index (χ4v) is 6.19. The lowest BCUT2D eigenvalue weighted by atomic mass is 9.95. The molecule has 2 aliphatic heterocycles. The highest BCUT2D eigenvalue weighted by atomic mass is 16.5. The summed E-state index contributed by atoms with van der Waals surface area (Å²) in [4.78, 5) is 18.1. The molecule has 1 saturated heterocycles. The molecule has 0 aliphatic carbocycles. The van der Waals surface area contributed by atoms with Crippen LogP contribution < -0.4 is 14.2 Å². The number of methoxy groups -OCH3 is 3. The van der Waals surface area contributed by atoms with E-state index in [9.17, 15) is 4.79 Å². The van der Waals surface area contributed by atoms with Crippen LogP contribution in [0.4, 0.5) is 0 Å². The van der Waals surface area contributed by atoms with Crippen molar-refractivity contribution in [2.45, 2.75) is 39.0 Å². The number of aryl methyl sites for hydroxylation is 1. The van der Waals surface area contributed by atoms with E-state index in [0.29, 0.717) is 17.4 Å². The lowest BCUT2D eigenvalue weighted by Crippen LogP contribution is -2.43. The van der Waals surface area contributed by atoms with E-state index in [1.165, 1.54) is 41.2 Å². The predicted octanol–water partition coefficient (Wildman–Crippen LogP) is 5.52. The molecule has 2 aliphatic rings. The Morgan fingerprint density at radius 3 is 2.47 bits per heavy atom. The van der Waals surface area contributed by atoms with Gasteiger partial charge in [0, 0.05) is 31.7 Å². The van der Waals surface area contributed by atoms with Crippen LogP contribution in [0.2, 0.25) is 0 Å². The second-order valence-electron chi connectivity index (χ2n) is 10.7. The Labute approximate surface area is 226 Å². The van der Waals surface area contributed by atoms with Crippen molar-refractivity contribution < 1.29 is 19.0 Å². The molecular formula is C32H40N2O4. The first-order chi connectivity index (χ1) is 18.5. The standard InChI is InChI=1S/C32H40N2O4/c1-22-27-10-8-23(17-25(27)9-11-29(22)36-2)12-15-33-14-6-5-7-24(20-33)21-34-16-13-26-18-30(37-3)31(38-4)19-28(26)32(34)35/h8-11,17-19,24H,5-7,12-16,20-21H2,1-4H3. The molecular weight excluding hydrogens is 476 g/mol. The molecule has 1 unspecified atom stereocenters. The fourth-order valence-electron chi connectivity index (χ4n) is 6.19. The number of carbonyl (C=O) groups is 1. The van der Waals surface area contributed by atoms with Gasteiger partial charge in [-0.2, -0.15) is 0 Å². The number of nitrogens with zero attached hydrogens (tertiary/aromatic N) is 2. The Morgan fingerprint density at radius 2 is 1.68 bits per heavy atom. The molecule has 6 heteroatoms. The molecule has 3 aromatic rings. The molecule has 38 heavy (non-hydrogen) atoms. The zero-order valence-corrected chi connectivity index (χ0v) is 23.2. The average Bonchev–Trinajstić information content (AvgIpc) is 3.18. The Balaban J connectivity index is 1.22. The van der Waals surface area contributed by atoms with Crippen LogP contribution in [-0.2, 0) is 12.8 Å². The van der Waals surface area contributed by atoms with Crippen molar-refractivity contribution in [3.63, 3.8) is 0 Å². The van der Waals surface area contributed by atoms with Gasteiger partial charge in [0.15, 0.2) is 11.5 Å². The molecule has 0 spiro atoms. The molecule has 5 rings (SSSR count). The van der Waals surface area contributed by atoms with Crippen molar-refractivity contribution in [2.75, 3.05) is 54.1 Å².